The molecule has 1 amide bonds. The molecule has 27 heavy (non-hydrogen) atoms. The molecular weight excluding hydrogens is 408 g/mol. The predicted molar refractivity (Wildman–Crippen MR) is 108 cm³/mol. The Balaban J connectivity index is 1.66. The van der Waals surface area contributed by atoms with Crippen LogP contribution in [0.1, 0.15) is 15.4 Å². The van der Waals surface area contributed by atoms with Gasteiger partial charge in [0, 0.05) is 22.5 Å². The first-order valence-corrected chi connectivity index (χ1v) is 9.50. The number of hydrogen-bond donors (Lipinski definition) is 1. The van der Waals surface area contributed by atoms with Crippen LogP contribution in [-0.2, 0) is 0 Å². The van der Waals surface area contributed by atoms with Crippen LogP contribution in [0.3, 0.4) is 0 Å². The number of fused-ring (bicyclic) bond motifs is 1. The van der Waals surface area contributed by atoms with Gasteiger partial charge in [-0.2, -0.15) is 0 Å². The molecule has 4 aromatic rings. The Morgan fingerprint density at radius 3 is 2.63 bits per heavy atom. The van der Waals surface area contributed by atoms with Crippen LogP contribution in [0.25, 0.3) is 16.2 Å². The summed E-state index contributed by atoms with van der Waals surface area (Å²) in [6, 6.07) is 11.0. The molecule has 1 N–H and O–H groups in total. The number of rotatable bonds is 3. The van der Waals surface area contributed by atoms with E-state index in [0.29, 0.717) is 31.3 Å². The quantitative estimate of drug-likeness (QED) is 0.437. The summed E-state index contributed by atoms with van der Waals surface area (Å²) in [6.45, 7) is 1.84. The number of hydrogen-bond acceptors (Lipinski definition) is 3. The molecule has 4 nitrogen and oxygen atoms in total. The second-order valence-corrected chi connectivity index (χ2v) is 7.70. The fourth-order valence-corrected chi connectivity index (χ4v) is 4.03. The lowest BCUT2D eigenvalue weighted by atomic mass is 10.2. The molecule has 2 aromatic carbocycles. The van der Waals surface area contributed by atoms with Crippen LogP contribution in [0.2, 0.25) is 10.0 Å². The summed E-state index contributed by atoms with van der Waals surface area (Å²) in [6.07, 6.45) is 1.83. The lowest BCUT2D eigenvalue weighted by molar-refractivity contribution is 0.102. The second-order valence-electron chi connectivity index (χ2n) is 5.88. The molecule has 2 heterocycles. The normalized spacial score (nSPS) is 11.1. The Hall–Kier alpha value is -2.41. The van der Waals surface area contributed by atoms with Gasteiger partial charge in [-0.3, -0.25) is 9.20 Å². The molecule has 0 aliphatic carbocycles. The van der Waals surface area contributed by atoms with Crippen molar-refractivity contribution in [3.8, 4) is 11.3 Å². The van der Waals surface area contributed by atoms with Gasteiger partial charge in [0.1, 0.15) is 10.7 Å². The molecule has 0 aliphatic rings. The van der Waals surface area contributed by atoms with Gasteiger partial charge in [-0.1, -0.05) is 34.5 Å². The summed E-state index contributed by atoms with van der Waals surface area (Å²) in [5.74, 6) is -0.579. The molecule has 0 saturated heterocycles. The Labute approximate surface area is 168 Å². The molecule has 0 aliphatic heterocycles. The third kappa shape index (κ3) is 3.43. The van der Waals surface area contributed by atoms with Gasteiger partial charge in [-0.25, -0.2) is 9.37 Å². The number of anilines is 1. The number of carbonyl (C=O) groups is 1. The molecule has 8 heteroatoms. The van der Waals surface area contributed by atoms with Crippen molar-refractivity contribution in [2.75, 3.05) is 5.32 Å². The maximum absolute atomic E-state index is 13.1. The monoisotopic (exact) mass is 419 g/mol. The zero-order chi connectivity index (χ0) is 19.1. The second kappa shape index (κ2) is 6.96. The first kappa shape index (κ1) is 18.0. The summed E-state index contributed by atoms with van der Waals surface area (Å²) in [7, 11) is 0. The number of imidazole rings is 1. The van der Waals surface area contributed by atoms with E-state index in [1.54, 1.807) is 30.3 Å². The van der Waals surface area contributed by atoms with Crippen LogP contribution < -0.4 is 5.32 Å². The van der Waals surface area contributed by atoms with E-state index < -0.39 is 0 Å². The van der Waals surface area contributed by atoms with Crippen LogP contribution in [0.15, 0.2) is 48.7 Å². The number of nitrogens with one attached hydrogen (secondary N) is 1. The highest BCUT2D eigenvalue weighted by Gasteiger charge is 2.19. The summed E-state index contributed by atoms with van der Waals surface area (Å²) < 4.78 is 14.9. The highest BCUT2D eigenvalue weighted by molar-refractivity contribution is 7.19. The summed E-state index contributed by atoms with van der Waals surface area (Å²) in [5, 5.41) is 3.67. The van der Waals surface area contributed by atoms with E-state index in [-0.39, 0.29) is 11.7 Å². The largest absolute Gasteiger partial charge is 0.320 e. The predicted octanol–water partition coefficient (Wildman–Crippen LogP) is 6.07. The Morgan fingerprint density at radius 1 is 1.19 bits per heavy atom. The highest BCUT2D eigenvalue weighted by Crippen LogP contribution is 2.30. The lowest BCUT2D eigenvalue weighted by Gasteiger charge is -2.07. The minimum Gasteiger partial charge on any atom is -0.320 e. The number of aryl methyl sites for hydroxylation is 1. The number of carbonyl (C=O) groups excluding carboxylic acids is 1. The van der Waals surface area contributed by atoms with Crippen LogP contribution >= 0.6 is 34.5 Å². The fraction of sp³-hybridized carbons (Fsp3) is 0.0526. The van der Waals surface area contributed by atoms with Crippen LogP contribution in [0.5, 0.6) is 0 Å². The molecule has 0 saturated carbocycles. The van der Waals surface area contributed by atoms with Gasteiger partial charge in [0.05, 0.1) is 16.4 Å². The Kier molecular flexibility index (Phi) is 4.63. The molecule has 0 atom stereocenters. The third-order valence-corrected chi connectivity index (χ3v) is 5.80. The van der Waals surface area contributed by atoms with E-state index in [2.05, 4.69) is 10.3 Å². The molecule has 0 unspecified atom stereocenters. The zero-order valence-corrected chi connectivity index (χ0v) is 16.3. The minimum absolute atomic E-state index is 0.282. The third-order valence-electron chi connectivity index (χ3n) is 4.08. The Bertz CT molecular complexity index is 1170. The molecule has 4 rings (SSSR count). The summed E-state index contributed by atoms with van der Waals surface area (Å²) >= 11 is 13.3. The summed E-state index contributed by atoms with van der Waals surface area (Å²) in [5.41, 5.74) is 2.73. The van der Waals surface area contributed by atoms with Gasteiger partial charge < -0.3 is 5.32 Å². The molecule has 136 valence electrons. The molecule has 0 fully saturated rings. The summed E-state index contributed by atoms with van der Waals surface area (Å²) in [4.78, 5) is 18.4. The van der Waals surface area contributed by atoms with Gasteiger partial charge >= 0.3 is 0 Å². The van der Waals surface area contributed by atoms with E-state index in [1.807, 2.05) is 17.5 Å². The van der Waals surface area contributed by atoms with E-state index in [0.717, 1.165) is 11.3 Å². The van der Waals surface area contributed by atoms with E-state index in [1.165, 1.54) is 23.5 Å². The smallest absolute Gasteiger partial charge is 0.267 e. The Morgan fingerprint density at radius 2 is 1.93 bits per heavy atom. The fourth-order valence-electron chi connectivity index (χ4n) is 2.69. The zero-order valence-electron chi connectivity index (χ0n) is 14.0. The van der Waals surface area contributed by atoms with Crippen molar-refractivity contribution in [1.29, 1.82) is 0 Å². The maximum Gasteiger partial charge on any atom is 0.267 e. The number of halogens is 3. The van der Waals surface area contributed by atoms with Crippen molar-refractivity contribution in [1.82, 2.24) is 9.38 Å². The van der Waals surface area contributed by atoms with Gasteiger partial charge in [-0.15, -0.1) is 0 Å². The molecule has 0 spiro atoms. The van der Waals surface area contributed by atoms with Crippen LogP contribution in [-0.4, -0.2) is 15.3 Å². The van der Waals surface area contributed by atoms with E-state index in [4.69, 9.17) is 23.2 Å². The average molecular weight is 420 g/mol. The number of amides is 1. The van der Waals surface area contributed by atoms with Crippen molar-refractivity contribution >= 4 is 51.1 Å². The van der Waals surface area contributed by atoms with E-state index in [9.17, 15) is 9.18 Å². The first-order valence-electron chi connectivity index (χ1n) is 7.93. The van der Waals surface area contributed by atoms with Gasteiger partial charge in [0.15, 0.2) is 4.96 Å². The molecular formula is C19H12Cl2FN3OS. The van der Waals surface area contributed by atoms with Crippen LogP contribution in [0, 0.1) is 12.7 Å². The van der Waals surface area contributed by atoms with Crippen molar-refractivity contribution < 1.29 is 9.18 Å². The van der Waals surface area contributed by atoms with Crippen molar-refractivity contribution in [3.63, 3.8) is 0 Å². The SMILES string of the molecule is Cc1c(C(=O)Nc2cc(Cl)ccc2Cl)sc2nc(-c3ccc(F)cc3)cn12. The molecule has 0 radical (unpaired) electrons. The standard InChI is InChI=1S/C19H12Cl2FN3OS/c1-10-17(18(26)23-15-8-12(20)4-7-14(15)21)27-19-24-16(9-25(10)19)11-2-5-13(22)6-3-11/h2-9H,1H3,(H,23,26). The van der Waals surface area contributed by atoms with Gasteiger partial charge in [0.2, 0.25) is 0 Å². The minimum atomic E-state index is -0.297. The lowest BCUT2D eigenvalue weighted by Crippen LogP contribution is -2.12. The average Bonchev–Trinajstić information content (AvgIpc) is 3.18. The number of nitrogens with zero attached hydrogens (tertiary/aromatic N) is 2. The molecule has 0 bridgehead atoms. The van der Waals surface area contributed by atoms with Crippen molar-refractivity contribution in [3.05, 3.63) is 75.1 Å². The number of thiazole rings is 1. The maximum atomic E-state index is 13.1. The highest BCUT2D eigenvalue weighted by atomic mass is 35.5. The number of benzene rings is 2. The number of aromatic nitrogens is 2. The van der Waals surface area contributed by atoms with Crippen LogP contribution in [0.4, 0.5) is 10.1 Å². The first-order chi connectivity index (χ1) is 12.9. The topological polar surface area (TPSA) is 46.4 Å². The van der Waals surface area contributed by atoms with Gasteiger partial charge in [0.25, 0.3) is 5.91 Å². The molecule has 2 aromatic heterocycles. The van der Waals surface area contributed by atoms with Gasteiger partial charge in [-0.05, 0) is 49.4 Å². The van der Waals surface area contributed by atoms with E-state index >= 15 is 0 Å². The van der Waals surface area contributed by atoms with Crippen molar-refractivity contribution in [2.45, 2.75) is 6.92 Å². The van der Waals surface area contributed by atoms with Crippen molar-refractivity contribution in [2.24, 2.45) is 0 Å².